The second-order valence-corrected chi connectivity index (χ2v) is 6.45. The Morgan fingerprint density at radius 1 is 1.25 bits per heavy atom. The van der Waals surface area contributed by atoms with Gasteiger partial charge in [-0.15, -0.1) is 0 Å². The van der Waals surface area contributed by atoms with E-state index in [4.69, 9.17) is 0 Å². The summed E-state index contributed by atoms with van der Waals surface area (Å²) in [4.78, 5) is 25.9. The fourth-order valence-corrected chi connectivity index (χ4v) is 3.09. The molecule has 4 heterocycles. The molecule has 24 heavy (non-hydrogen) atoms. The highest BCUT2D eigenvalue weighted by molar-refractivity contribution is 5.78. The third-order valence-electron chi connectivity index (χ3n) is 4.56. The number of aromatic nitrogens is 4. The number of pyridine rings is 2. The lowest BCUT2D eigenvalue weighted by atomic mass is 10.00. The highest BCUT2D eigenvalue weighted by Crippen LogP contribution is 2.27. The molecule has 0 saturated carbocycles. The first kappa shape index (κ1) is 14.9. The van der Waals surface area contributed by atoms with Gasteiger partial charge in [-0.25, -0.2) is 14.4 Å². The molecule has 1 atom stereocenters. The summed E-state index contributed by atoms with van der Waals surface area (Å²) in [6.07, 6.45) is 4.49. The van der Waals surface area contributed by atoms with Gasteiger partial charge < -0.3 is 0 Å². The minimum Gasteiger partial charge on any atom is -0.295 e. The van der Waals surface area contributed by atoms with Crippen molar-refractivity contribution in [2.24, 2.45) is 0 Å². The van der Waals surface area contributed by atoms with E-state index in [0.29, 0.717) is 42.7 Å². The predicted octanol–water partition coefficient (Wildman–Crippen LogP) is 2.92. The summed E-state index contributed by atoms with van der Waals surface area (Å²) in [7, 11) is 0. The average Bonchev–Trinajstić information content (AvgIpc) is 2.74. The molecule has 3 aromatic heterocycles. The van der Waals surface area contributed by atoms with Crippen LogP contribution in [0.3, 0.4) is 0 Å². The van der Waals surface area contributed by atoms with E-state index in [1.807, 2.05) is 24.3 Å². The Hall–Kier alpha value is -2.63. The second-order valence-electron chi connectivity index (χ2n) is 6.45. The first-order valence-electron chi connectivity index (χ1n) is 8.03. The molecular weight excluding hydrogens is 307 g/mol. The van der Waals surface area contributed by atoms with E-state index in [0.717, 1.165) is 11.3 Å². The Kier molecular flexibility index (Phi) is 3.40. The lowest BCUT2D eigenvalue weighted by Gasteiger charge is -2.15. The van der Waals surface area contributed by atoms with E-state index in [9.17, 15) is 9.18 Å². The van der Waals surface area contributed by atoms with Crippen molar-refractivity contribution in [2.45, 2.75) is 38.4 Å². The number of aryl methyl sites for hydroxylation is 1. The van der Waals surface area contributed by atoms with Crippen LogP contribution >= 0.6 is 0 Å². The van der Waals surface area contributed by atoms with Gasteiger partial charge in [0.2, 0.25) is 0 Å². The van der Waals surface area contributed by atoms with Crippen LogP contribution in [0.5, 0.6) is 0 Å². The predicted molar refractivity (Wildman–Crippen MR) is 89.5 cm³/mol. The normalized spacial score (nSPS) is 20.6. The zero-order valence-corrected chi connectivity index (χ0v) is 13.4. The molecule has 0 aromatic carbocycles. The Morgan fingerprint density at radius 3 is 2.92 bits per heavy atom. The standard InChI is InChI=1S/C18H17FN4O/c1-18(19)6-5-15-22-14-10-12(13-4-2-3-8-20-13)11-21-16(14)17(24)23(15)9-7-18/h2-4,8,10-11H,5-7,9H2,1H3. The van der Waals surface area contributed by atoms with E-state index in [2.05, 4.69) is 15.0 Å². The number of fused-ring (bicyclic) bond motifs is 2. The minimum atomic E-state index is -1.27. The Bertz CT molecular complexity index is 966. The molecule has 0 aliphatic carbocycles. The zero-order chi connectivity index (χ0) is 16.7. The molecule has 5 nitrogen and oxygen atoms in total. The molecule has 0 amide bonds. The van der Waals surface area contributed by atoms with Crippen LogP contribution in [0.2, 0.25) is 0 Å². The largest absolute Gasteiger partial charge is 0.295 e. The summed E-state index contributed by atoms with van der Waals surface area (Å²) in [6, 6.07) is 7.45. The average molecular weight is 324 g/mol. The van der Waals surface area contributed by atoms with Crippen LogP contribution in [-0.2, 0) is 13.0 Å². The van der Waals surface area contributed by atoms with Crippen LogP contribution in [0, 0.1) is 0 Å². The molecule has 0 bridgehead atoms. The monoisotopic (exact) mass is 324 g/mol. The number of alkyl halides is 1. The molecule has 4 rings (SSSR count). The first-order chi connectivity index (χ1) is 11.5. The van der Waals surface area contributed by atoms with Crippen molar-refractivity contribution in [3.05, 3.63) is 52.8 Å². The first-order valence-corrected chi connectivity index (χ1v) is 8.03. The van der Waals surface area contributed by atoms with Crippen molar-refractivity contribution in [1.82, 2.24) is 19.5 Å². The number of rotatable bonds is 1. The highest BCUT2D eigenvalue weighted by atomic mass is 19.1. The van der Waals surface area contributed by atoms with E-state index in [-0.39, 0.29) is 5.56 Å². The molecule has 3 aromatic rings. The summed E-state index contributed by atoms with van der Waals surface area (Å²) < 4.78 is 15.9. The second kappa shape index (κ2) is 5.47. The van der Waals surface area contributed by atoms with Crippen molar-refractivity contribution in [2.75, 3.05) is 0 Å². The summed E-state index contributed by atoms with van der Waals surface area (Å²) >= 11 is 0. The lowest BCUT2D eigenvalue weighted by molar-refractivity contribution is 0.162. The summed E-state index contributed by atoms with van der Waals surface area (Å²) in [5.41, 5.74) is 0.987. The van der Waals surface area contributed by atoms with Gasteiger partial charge in [0, 0.05) is 30.9 Å². The van der Waals surface area contributed by atoms with Crippen LogP contribution < -0.4 is 5.56 Å². The molecule has 0 saturated heterocycles. The third kappa shape index (κ3) is 2.58. The zero-order valence-electron chi connectivity index (χ0n) is 13.4. The summed E-state index contributed by atoms with van der Waals surface area (Å²) in [5, 5.41) is 0. The van der Waals surface area contributed by atoms with Crippen LogP contribution in [0.1, 0.15) is 25.6 Å². The molecule has 1 aliphatic heterocycles. The van der Waals surface area contributed by atoms with Gasteiger partial charge in [0.1, 0.15) is 11.5 Å². The van der Waals surface area contributed by atoms with Gasteiger partial charge in [-0.2, -0.15) is 0 Å². The van der Waals surface area contributed by atoms with Gasteiger partial charge in [-0.1, -0.05) is 6.07 Å². The molecule has 0 N–H and O–H groups in total. The fourth-order valence-electron chi connectivity index (χ4n) is 3.09. The van der Waals surface area contributed by atoms with Crippen molar-refractivity contribution in [3.8, 4) is 11.3 Å². The maximum absolute atomic E-state index is 14.3. The fraction of sp³-hybridized carbons (Fsp3) is 0.333. The van der Waals surface area contributed by atoms with E-state index < -0.39 is 5.67 Å². The van der Waals surface area contributed by atoms with Crippen LogP contribution in [0.25, 0.3) is 22.3 Å². The molecule has 1 unspecified atom stereocenters. The van der Waals surface area contributed by atoms with Gasteiger partial charge in [0.15, 0.2) is 5.52 Å². The molecule has 1 aliphatic rings. The van der Waals surface area contributed by atoms with Crippen molar-refractivity contribution in [1.29, 1.82) is 0 Å². The number of hydrogen-bond donors (Lipinski definition) is 0. The van der Waals surface area contributed by atoms with Gasteiger partial charge in [-0.05, 0) is 38.0 Å². The van der Waals surface area contributed by atoms with Crippen molar-refractivity contribution in [3.63, 3.8) is 0 Å². The molecule has 0 spiro atoms. The topological polar surface area (TPSA) is 60.7 Å². The van der Waals surface area contributed by atoms with Gasteiger partial charge in [0.05, 0.1) is 11.2 Å². The number of halogens is 1. The van der Waals surface area contributed by atoms with Crippen molar-refractivity contribution < 1.29 is 4.39 Å². The Labute approximate surface area is 138 Å². The molecule has 0 fully saturated rings. The summed E-state index contributed by atoms with van der Waals surface area (Å²) in [6.45, 7) is 1.93. The van der Waals surface area contributed by atoms with Gasteiger partial charge in [-0.3, -0.25) is 14.3 Å². The quantitative estimate of drug-likeness (QED) is 0.690. The van der Waals surface area contributed by atoms with Crippen molar-refractivity contribution >= 4 is 11.0 Å². The van der Waals surface area contributed by atoms with Crippen LogP contribution in [0.15, 0.2) is 41.5 Å². The molecule has 6 heteroatoms. The number of nitrogens with zero attached hydrogens (tertiary/aromatic N) is 4. The van der Waals surface area contributed by atoms with Crippen LogP contribution in [0.4, 0.5) is 4.39 Å². The maximum Gasteiger partial charge on any atom is 0.280 e. The minimum absolute atomic E-state index is 0.194. The Balaban J connectivity index is 1.87. The van der Waals surface area contributed by atoms with Gasteiger partial charge >= 0.3 is 0 Å². The SMILES string of the molecule is CC1(F)CCc2nc3cc(-c4ccccn4)cnc3c(=O)n2CC1. The lowest BCUT2D eigenvalue weighted by Crippen LogP contribution is -2.26. The van der Waals surface area contributed by atoms with E-state index >= 15 is 0 Å². The number of hydrogen-bond acceptors (Lipinski definition) is 4. The molecule has 0 radical (unpaired) electrons. The Morgan fingerprint density at radius 2 is 2.12 bits per heavy atom. The van der Waals surface area contributed by atoms with E-state index in [1.54, 1.807) is 23.9 Å². The molecule has 122 valence electrons. The third-order valence-corrected chi connectivity index (χ3v) is 4.56. The smallest absolute Gasteiger partial charge is 0.280 e. The van der Waals surface area contributed by atoms with Crippen LogP contribution in [-0.4, -0.2) is 25.2 Å². The molecular formula is C18H17FN4O. The summed E-state index contributed by atoms with van der Waals surface area (Å²) in [5.74, 6) is 0.633. The van der Waals surface area contributed by atoms with Gasteiger partial charge in [0.25, 0.3) is 5.56 Å². The maximum atomic E-state index is 14.3. The van der Waals surface area contributed by atoms with E-state index in [1.165, 1.54) is 0 Å². The highest BCUT2D eigenvalue weighted by Gasteiger charge is 2.28.